The van der Waals surface area contributed by atoms with Crippen LogP contribution in [0.3, 0.4) is 0 Å². The lowest BCUT2D eigenvalue weighted by molar-refractivity contribution is 0.100. The van der Waals surface area contributed by atoms with E-state index in [0.717, 1.165) is 0 Å². The minimum Gasteiger partial charge on any atom is -0.465 e. The molecule has 0 saturated carbocycles. The van der Waals surface area contributed by atoms with Gasteiger partial charge in [0.2, 0.25) is 0 Å². The van der Waals surface area contributed by atoms with Crippen molar-refractivity contribution in [3.63, 3.8) is 0 Å². The number of hydrogen-bond acceptors (Lipinski definition) is 3. The highest BCUT2D eigenvalue weighted by molar-refractivity contribution is 9.10. The first-order valence-corrected chi connectivity index (χ1v) is 5.44. The van der Waals surface area contributed by atoms with Gasteiger partial charge in [0.1, 0.15) is 10.3 Å². The van der Waals surface area contributed by atoms with Gasteiger partial charge in [0.15, 0.2) is 5.78 Å². The van der Waals surface area contributed by atoms with E-state index in [9.17, 15) is 9.59 Å². The van der Waals surface area contributed by atoms with Gasteiger partial charge in [0.05, 0.1) is 6.04 Å². The number of halogens is 1. The van der Waals surface area contributed by atoms with Crippen LogP contribution in [-0.4, -0.2) is 33.3 Å². The van der Waals surface area contributed by atoms with E-state index in [1.807, 2.05) is 0 Å². The monoisotopic (exact) mass is 289 g/mol. The van der Waals surface area contributed by atoms with Gasteiger partial charge in [0, 0.05) is 19.5 Å². The molecule has 0 spiro atoms. The van der Waals surface area contributed by atoms with Gasteiger partial charge in [-0.1, -0.05) is 0 Å². The summed E-state index contributed by atoms with van der Waals surface area (Å²) >= 11 is 3.18. The molecule has 0 aliphatic rings. The number of Topliss-reactive ketones (excluding diaryl/α,β-unsaturated/α-hetero) is 1. The number of hydrogen-bond donors (Lipinski definition) is 2. The first kappa shape index (κ1) is 12.7. The Hall–Kier alpha value is -1.37. The summed E-state index contributed by atoms with van der Waals surface area (Å²) in [7, 11) is 0. The molecule has 1 heterocycles. The van der Waals surface area contributed by atoms with Gasteiger partial charge in [-0.3, -0.25) is 9.48 Å². The topological polar surface area (TPSA) is 84.2 Å². The van der Waals surface area contributed by atoms with Crippen molar-refractivity contribution in [2.75, 3.05) is 6.54 Å². The predicted molar refractivity (Wildman–Crippen MR) is 60.7 cm³/mol. The van der Waals surface area contributed by atoms with Crippen molar-refractivity contribution in [3.8, 4) is 0 Å². The zero-order chi connectivity index (χ0) is 12.3. The molecule has 1 aromatic heterocycles. The predicted octanol–water partition coefficient (Wildman–Crippen LogP) is 1.68. The molecule has 0 aliphatic carbocycles. The molecule has 1 amide bonds. The number of carboxylic acid groups (broad SMARTS) is 1. The minimum atomic E-state index is -1.09. The normalized spacial score (nSPS) is 12.2. The summed E-state index contributed by atoms with van der Waals surface area (Å²) in [5.74, 6) is -0.111. The molecule has 0 saturated heterocycles. The van der Waals surface area contributed by atoms with E-state index in [1.165, 1.54) is 11.6 Å². The molecule has 0 fully saturated rings. The van der Waals surface area contributed by atoms with Crippen LogP contribution in [0.2, 0.25) is 0 Å². The lowest BCUT2D eigenvalue weighted by atomic mass is 10.2. The molecule has 0 radical (unpaired) electrons. The van der Waals surface area contributed by atoms with Crippen LogP contribution >= 0.6 is 15.9 Å². The molecule has 1 aromatic rings. The van der Waals surface area contributed by atoms with Crippen LogP contribution in [0.25, 0.3) is 0 Å². The Morgan fingerprint density at radius 1 is 1.69 bits per heavy atom. The van der Waals surface area contributed by atoms with Crippen LogP contribution in [0.4, 0.5) is 4.79 Å². The first-order chi connectivity index (χ1) is 7.41. The highest BCUT2D eigenvalue weighted by atomic mass is 79.9. The van der Waals surface area contributed by atoms with Crippen LogP contribution in [0, 0.1) is 0 Å². The van der Waals surface area contributed by atoms with E-state index in [1.54, 1.807) is 13.0 Å². The van der Waals surface area contributed by atoms with Gasteiger partial charge in [-0.25, -0.2) is 4.79 Å². The lowest BCUT2D eigenvalue weighted by Gasteiger charge is -2.14. The molecular formula is C9H12BrN3O3. The zero-order valence-corrected chi connectivity index (χ0v) is 10.5. The number of aromatic nitrogens is 2. The Bertz CT molecular complexity index is 416. The fraction of sp³-hybridized carbons (Fsp3) is 0.444. The van der Waals surface area contributed by atoms with Crippen LogP contribution in [0.1, 0.15) is 30.4 Å². The number of carbonyl (C=O) groups excluding carboxylic acids is 1. The number of carbonyl (C=O) groups is 2. The van der Waals surface area contributed by atoms with Crippen molar-refractivity contribution >= 4 is 27.8 Å². The van der Waals surface area contributed by atoms with Crippen molar-refractivity contribution in [1.29, 1.82) is 0 Å². The Kier molecular flexibility index (Phi) is 4.05. The van der Waals surface area contributed by atoms with E-state index in [-0.39, 0.29) is 18.4 Å². The zero-order valence-electron chi connectivity index (χ0n) is 8.90. The largest absolute Gasteiger partial charge is 0.465 e. The SMILES string of the molecule is CC(=O)c1cc(Br)nn1[C@@H](C)CNC(=O)O. The van der Waals surface area contributed by atoms with Crippen molar-refractivity contribution in [1.82, 2.24) is 15.1 Å². The maximum absolute atomic E-state index is 11.3. The Morgan fingerprint density at radius 2 is 2.31 bits per heavy atom. The van der Waals surface area contributed by atoms with Gasteiger partial charge in [-0.05, 0) is 22.9 Å². The van der Waals surface area contributed by atoms with Crippen LogP contribution < -0.4 is 5.32 Å². The second kappa shape index (κ2) is 5.11. The van der Waals surface area contributed by atoms with Gasteiger partial charge < -0.3 is 10.4 Å². The quantitative estimate of drug-likeness (QED) is 0.826. The van der Waals surface area contributed by atoms with Gasteiger partial charge in [-0.2, -0.15) is 5.10 Å². The molecular weight excluding hydrogens is 278 g/mol. The summed E-state index contributed by atoms with van der Waals surface area (Å²) in [6.45, 7) is 3.42. The maximum atomic E-state index is 11.3. The standard InChI is InChI=1S/C9H12BrN3O3/c1-5(4-11-9(15)16)13-7(6(2)14)3-8(10)12-13/h3,5,11H,4H2,1-2H3,(H,15,16)/t5-/m0/s1. The average Bonchev–Trinajstić information content (AvgIpc) is 2.56. The average molecular weight is 290 g/mol. The molecule has 1 rings (SSSR count). The molecule has 0 aromatic carbocycles. The Morgan fingerprint density at radius 3 is 2.81 bits per heavy atom. The van der Waals surface area contributed by atoms with Crippen LogP contribution in [-0.2, 0) is 0 Å². The van der Waals surface area contributed by atoms with Crippen LogP contribution in [0.5, 0.6) is 0 Å². The molecule has 0 unspecified atom stereocenters. The fourth-order valence-corrected chi connectivity index (χ4v) is 1.67. The highest BCUT2D eigenvalue weighted by Crippen LogP contribution is 2.15. The van der Waals surface area contributed by atoms with E-state index in [2.05, 4.69) is 26.3 Å². The lowest BCUT2D eigenvalue weighted by Crippen LogP contribution is -2.29. The summed E-state index contributed by atoms with van der Waals surface area (Å²) in [5.41, 5.74) is 0.451. The molecule has 2 N–H and O–H groups in total. The summed E-state index contributed by atoms with van der Waals surface area (Å²) in [6, 6.07) is 1.39. The molecule has 7 heteroatoms. The molecule has 88 valence electrons. The van der Waals surface area contributed by atoms with E-state index >= 15 is 0 Å². The number of amides is 1. The third-order valence-corrected chi connectivity index (χ3v) is 2.42. The number of rotatable bonds is 4. The summed E-state index contributed by atoms with van der Waals surface area (Å²) in [6.07, 6.45) is -1.09. The van der Waals surface area contributed by atoms with Crippen LogP contribution in [0.15, 0.2) is 10.7 Å². The summed E-state index contributed by atoms with van der Waals surface area (Å²) in [4.78, 5) is 21.6. The third-order valence-electron chi connectivity index (χ3n) is 2.03. The molecule has 0 bridgehead atoms. The number of nitrogens with zero attached hydrogens (tertiary/aromatic N) is 2. The van der Waals surface area contributed by atoms with Crippen molar-refractivity contribution in [3.05, 3.63) is 16.4 Å². The van der Waals surface area contributed by atoms with Gasteiger partial charge >= 0.3 is 6.09 Å². The highest BCUT2D eigenvalue weighted by Gasteiger charge is 2.15. The second-order valence-electron chi connectivity index (χ2n) is 3.39. The smallest absolute Gasteiger partial charge is 0.404 e. The molecule has 6 nitrogen and oxygen atoms in total. The van der Waals surface area contributed by atoms with E-state index in [0.29, 0.717) is 10.3 Å². The first-order valence-electron chi connectivity index (χ1n) is 4.64. The summed E-state index contributed by atoms with van der Waals surface area (Å²) in [5, 5.41) is 14.8. The Labute approximate surface area is 101 Å². The van der Waals surface area contributed by atoms with E-state index in [4.69, 9.17) is 5.11 Å². The molecule has 16 heavy (non-hydrogen) atoms. The second-order valence-corrected chi connectivity index (χ2v) is 4.20. The third kappa shape index (κ3) is 3.06. The van der Waals surface area contributed by atoms with Gasteiger partial charge in [0.25, 0.3) is 0 Å². The fourth-order valence-electron chi connectivity index (χ4n) is 1.29. The molecule has 0 aliphatic heterocycles. The van der Waals surface area contributed by atoms with E-state index < -0.39 is 6.09 Å². The van der Waals surface area contributed by atoms with Gasteiger partial charge in [-0.15, -0.1) is 0 Å². The minimum absolute atomic E-state index is 0.111. The molecule has 1 atom stereocenters. The van der Waals surface area contributed by atoms with Crippen molar-refractivity contribution in [2.24, 2.45) is 0 Å². The summed E-state index contributed by atoms with van der Waals surface area (Å²) < 4.78 is 2.06. The maximum Gasteiger partial charge on any atom is 0.404 e. The number of ketones is 1. The van der Waals surface area contributed by atoms with Crippen molar-refractivity contribution in [2.45, 2.75) is 19.9 Å². The van der Waals surface area contributed by atoms with Crippen molar-refractivity contribution < 1.29 is 14.7 Å². The number of nitrogens with one attached hydrogen (secondary N) is 1. The Balaban J connectivity index is 2.85.